The average molecular weight is 509 g/mol. The number of rotatable bonds is 6. The monoisotopic (exact) mass is 508 g/mol. The summed E-state index contributed by atoms with van der Waals surface area (Å²) in [4.78, 5) is 25.2. The molecular weight excluding hydrogens is 460 g/mol. The summed E-state index contributed by atoms with van der Waals surface area (Å²) in [6.45, 7) is 24.5. The van der Waals surface area contributed by atoms with Crippen LogP contribution in [0.4, 0.5) is 0 Å². The van der Waals surface area contributed by atoms with Crippen molar-refractivity contribution >= 4 is 12.6 Å². The number of aldehydes is 2. The largest absolute Gasteiger partial charge is 0.507 e. The molecule has 2 aromatic carbocycles. The quantitative estimate of drug-likeness (QED) is 0.314. The summed E-state index contributed by atoms with van der Waals surface area (Å²) in [5.74, 6) is 0.546. The van der Waals surface area contributed by atoms with Gasteiger partial charge in [-0.3, -0.25) is 0 Å². The molecule has 0 aromatic heterocycles. The van der Waals surface area contributed by atoms with E-state index in [1.165, 1.54) is 0 Å². The van der Waals surface area contributed by atoms with Crippen LogP contribution in [-0.4, -0.2) is 22.8 Å². The van der Waals surface area contributed by atoms with Gasteiger partial charge in [0, 0.05) is 0 Å². The number of phenolic OH excluding ortho intramolecular Hbond substituents is 2. The molecule has 37 heavy (non-hydrogen) atoms. The Labute approximate surface area is 224 Å². The molecule has 4 heteroatoms. The third kappa shape index (κ3) is 6.83. The van der Waals surface area contributed by atoms with Gasteiger partial charge in [-0.2, -0.15) is 0 Å². The smallest absolute Gasteiger partial charge is 0.133 e. The minimum atomic E-state index is -1.28. The van der Waals surface area contributed by atoms with Gasteiger partial charge in [-0.15, -0.1) is 0 Å². The van der Waals surface area contributed by atoms with E-state index in [9.17, 15) is 19.8 Å². The molecule has 0 heterocycles. The summed E-state index contributed by atoms with van der Waals surface area (Å²) in [7, 11) is 0. The van der Waals surface area contributed by atoms with Gasteiger partial charge in [0.1, 0.15) is 24.1 Å². The van der Waals surface area contributed by atoms with Crippen molar-refractivity contribution < 1.29 is 19.8 Å². The van der Waals surface area contributed by atoms with Gasteiger partial charge in [0.15, 0.2) is 0 Å². The zero-order valence-electron chi connectivity index (χ0n) is 25.1. The maximum atomic E-state index is 12.6. The lowest BCUT2D eigenvalue weighted by Gasteiger charge is -2.31. The number of carbonyl (C=O) groups excluding carboxylic acids is 2. The van der Waals surface area contributed by atoms with E-state index >= 15 is 0 Å². The molecule has 0 spiro atoms. The highest BCUT2D eigenvalue weighted by Gasteiger charge is 2.35. The van der Waals surface area contributed by atoms with E-state index in [1.54, 1.807) is 0 Å². The fraction of sp³-hybridized carbons (Fsp3) is 0.576. The first kappa shape index (κ1) is 30.6. The van der Waals surface area contributed by atoms with E-state index in [1.807, 2.05) is 107 Å². The summed E-state index contributed by atoms with van der Waals surface area (Å²) >= 11 is 0. The van der Waals surface area contributed by atoms with Crippen LogP contribution in [0.15, 0.2) is 24.3 Å². The molecule has 0 aliphatic carbocycles. The first-order chi connectivity index (χ1) is 16.6. The third-order valence-corrected chi connectivity index (χ3v) is 7.11. The van der Waals surface area contributed by atoms with Crippen LogP contribution in [-0.2, 0) is 44.1 Å². The van der Waals surface area contributed by atoms with Crippen molar-refractivity contribution in [1.82, 2.24) is 0 Å². The van der Waals surface area contributed by atoms with E-state index in [-0.39, 0.29) is 46.0 Å². The Morgan fingerprint density at radius 2 is 0.730 bits per heavy atom. The van der Waals surface area contributed by atoms with Gasteiger partial charge in [-0.05, 0) is 67.9 Å². The average Bonchev–Trinajstić information content (AvgIpc) is 2.72. The van der Waals surface area contributed by atoms with Crippen molar-refractivity contribution in [2.75, 3.05) is 0 Å². The van der Waals surface area contributed by atoms with E-state index in [4.69, 9.17) is 0 Å². The Morgan fingerprint density at radius 3 is 0.892 bits per heavy atom. The highest BCUT2D eigenvalue weighted by atomic mass is 16.3. The molecule has 4 nitrogen and oxygen atoms in total. The van der Waals surface area contributed by atoms with Crippen molar-refractivity contribution in [2.24, 2.45) is 5.41 Å². The van der Waals surface area contributed by atoms with Crippen molar-refractivity contribution in [3.63, 3.8) is 0 Å². The standard InChI is InChI=1S/C33H48O4/c1-29(2,3)23-13-21(14-24(27(23)36)30(4,5)6)17-33(19-34,20-35)18-22-15-25(31(7,8)9)28(37)26(16-22)32(10,11)12/h13-16,19-20,36-37H,17-18H2,1-12H3. The molecule has 0 fully saturated rings. The summed E-state index contributed by atoms with van der Waals surface area (Å²) in [6, 6.07) is 7.74. The lowest BCUT2D eigenvalue weighted by Crippen LogP contribution is -2.31. The van der Waals surface area contributed by atoms with Crippen LogP contribution in [0, 0.1) is 5.41 Å². The normalized spacial score (nSPS) is 13.5. The SMILES string of the molecule is CC(C)(C)c1cc(CC(C=O)(C=O)Cc2cc(C(C)(C)C)c(O)c(C(C)(C)C)c2)cc(C(C)(C)C)c1O. The Morgan fingerprint density at radius 1 is 0.514 bits per heavy atom. The van der Waals surface area contributed by atoms with E-state index < -0.39 is 5.41 Å². The van der Waals surface area contributed by atoms with E-state index in [0.29, 0.717) is 0 Å². The van der Waals surface area contributed by atoms with Crippen molar-refractivity contribution in [3.05, 3.63) is 57.6 Å². The molecule has 2 aromatic rings. The highest BCUT2D eigenvalue weighted by molar-refractivity contribution is 5.85. The Hall–Kier alpha value is -2.62. The van der Waals surface area contributed by atoms with Gasteiger partial charge < -0.3 is 19.8 Å². The van der Waals surface area contributed by atoms with Crippen LogP contribution >= 0.6 is 0 Å². The lowest BCUT2D eigenvalue weighted by atomic mass is 9.73. The number of aromatic hydroxyl groups is 2. The number of carbonyl (C=O) groups is 2. The topological polar surface area (TPSA) is 74.6 Å². The fourth-order valence-corrected chi connectivity index (χ4v) is 4.90. The summed E-state index contributed by atoms with van der Waals surface area (Å²) in [5, 5.41) is 22.2. The lowest BCUT2D eigenvalue weighted by molar-refractivity contribution is -0.126. The van der Waals surface area contributed by atoms with Gasteiger partial charge in [0.05, 0.1) is 5.41 Å². The number of benzene rings is 2. The maximum Gasteiger partial charge on any atom is 0.133 e. The molecule has 0 unspecified atom stereocenters. The molecule has 0 saturated heterocycles. The molecule has 0 saturated carbocycles. The number of hydrogen-bond acceptors (Lipinski definition) is 4. The molecule has 0 bridgehead atoms. The summed E-state index contributed by atoms with van der Waals surface area (Å²) < 4.78 is 0. The van der Waals surface area contributed by atoms with Crippen LogP contribution in [0.2, 0.25) is 0 Å². The van der Waals surface area contributed by atoms with Crippen molar-refractivity contribution in [2.45, 2.75) is 118 Å². The van der Waals surface area contributed by atoms with Gasteiger partial charge in [-0.25, -0.2) is 0 Å². The van der Waals surface area contributed by atoms with Gasteiger partial charge in [0.2, 0.25) is 0 Å². The van der Waals surface area contributed by atoms with E-state index in [2.05, 4.69) is 0 Å². The minimum absolute atomic E-state index is 0.225. The second kappa shape index (κ2) is 9.93. The molecule has 2 N–H and O–H groups in total. The molecule has 2 rings (SSSR count). The third-order valence-electron chi connectivity index (χ3n) is 7.11. The first-order valence-electron chi connectivity index (χ1n) is 13.2. The second-order valence-electron chi connectivity index (χ2n) is 14.9. The van der Waals surface area contributed by atoms with Crippen LogP contribution in [0.1, 0.15) is 116 Å². The fourth-order valence-electron chi connectivity index (χ4n) is 4.90. The maximum absolute atomic E-state index is 12.6. The van der Waals surface area contributed by atoms with Crippen LogP contribution in [0.5, 0.6) is 11.5 Å². The molecule has 0 amide bonds. The minimum Gasteiger partial charge on any atom is -0.507 e. The predicted octanol–water partition coefficient (Wildman–Crippen LogP) is 7.46. The van der Waals surface area contributed by atoms with Crippen LogP contribution in [0.3, 0.4) is 0 Å². The molecule has 0 radical (unpaired) electrons. The van der Waals surface area contributed by atoms with Crippen molar-refractivity contribution in [3.8, 4) is 11.5 Å². The Balaban J connectivity index is 2.71. The molecular formula is C33H48O4. The molecule has 0 atom stereocenters. The zero-order valence-corrected chi connectivity index (χ0v) is 25.1. The number of phenols is 2. The summed E-state index contributed by atoms with van der Waals surface area (Å²) in [6.07, 6.45) is 1.98. The van der Waals surface area contributed by atoms with Crippen LogP contribution < -0.4 is 0 Å². The van der Waals surface area contributed by atoms with Gasteiger partial charge in [-0.1, -0.05) is 107 Å². The summed E-state index contributed by atoms with van der Waals surface area (Å²) in [5.41, 5.74) is 2.36. The predicted molar refractivity (Wildman–Crippen MR) is 153 cm³/mol. The molecule has 204 valence electrons. The number of hydrogen-bond donors (Lipinski definition) is 2. The second-order valence-corrected chi connectivity index (χ2v) is 14.9. The van der Waals surface area contributed by atoms with Crippen molar-refractivity contribution in [1.29, 1.82) is 0 Å². The first-order valence-corrected chi connectivity index (χ1v) is 13.2. The Kier molecular flexibility index (Phi) is 8.21. The van der Waals surface area contributed by atoms with E-state index in [0.717, 1.165) is 46.0 Å². The van der Waals surface area contributed by atoms with Gasteiger partial charge >= 0.3 is 0 Å². The zero-order chi connectivity index (χ0) is 28.8. The Bertz CT molecular complexity index is 995. The molecule has 0 aliphatic heterocycles. The van der Waals surface area contributed by atoms with Crippen LogP contribution in [0.25, 0.3) is 0 Å². The highest BCUT2D eigenvalue weighted by Crippen LogP contribution is 2.43. The van der Waals surface area contributed by atoms with Gasteiger partial charge in [0.25, 0.3) is 0 Å². The molecule has 0 aliphatic rings.